The predicted octanol–water partition coefficient (Wildman–Crippen LogP) is 2.69. The Morgan fingerprint density at radius 3 is 2.88 bits per heavy atom. The number of thiazole rings is 1. The zero-order chi connectivity index (χ0) is 11.4. The molecule has 0 unspecified atom stereocenters. The highest BCUT2D eigenvalue weighted by molar-refractivity contribution is 7.11. The minimum atomic E-state index is 0.797. The fourth-order valence-electron chi connectivity index (χ4n) is 1.52. The lowest BCUT2D eigenvalue weighted by Crippen LogP contribution is -2.15. The quantitative estimate of drug-likeness (QED) is 0.811. The SMILES string of the molecule is Cc1ccc(CNCCc2cnc(C)s2)o1. The van der Waals surface area contributed by atoms with Gasteiger partial charge >= 0.3 is 0 Å². The van der Waals surface area contributed by atoms with Crippen LogP contribution in [-0.2, 0) is 13.0 Å². The number of rotatable bonds is 5. The first kappa shape index (κ1) is 11.4. The van der Waals surface area contributed by atoms with Crippen molar-refractivity contribution in [2.45, 2.75) is 26.8 Å². The van der Waals surface area contributed by atoms with Crippen molar-refractivity contribution >= 4 is 11.3 Å². The number of nitrogens with one attached hydrogen (secondary N) is 1. The number of hydrogen-bond acceptors (Lipinski definition) is 4. The molecule has 4 heteroatoms. The van der Waals surface area contributed by atoms with E-state index in [1.165, 1.54) is 4.88 Å². The summed E-state index contributed by atoms with van der Waals surface area (Å²) in [4.78, 5) is 5.56. The van der Waals surface area contributed by atoms with Gasteiger partial charge in [0, 0.05) is 17.6 Å². The standard InChI is InChI=1S/C12H16N2OS/c1-9-3-4-11(15-9)7-13-6-5-12-8-14-10(2)16-12/h3-4,8,13H,5-7H2,1-2H3. The van der Waals surface area contributed by atoms with E-state index < -0.39 is 0 Å². The van der Waals surface area contributed by atoms with Crippen molar-refractivity contribution in [1.82, 2.24) is 10.3 Å². The molecule has 0 saturated heterocycles. The topological polar surface area (TPSA) is 38.1 Å². The molecule has 2 aromatic heterocycles. The van der Waals surface area contributed by atoms with Crippen molar-refractivity contribution in [1.29, 1.82) is 0 Å². The van der Waals surface area contributed by atoms with Gasteiger partial charge in [-0.3, -0.25) is 0 Å². The maximum atomic E-state index is 5.47. The Hall–Kier alpha value is -1.13. The van der Waals surface area contributed by atoms with Gasteiger partial charge in [0.1, 0.15) is 11.5 Å². The predicted molar refractivity (Wildman–Crippen MR) is 65.7 cm³/mol. The van der Waals surface area contributed by atoms with Crippen molar-refractivity contribution in [3.63, 3.8) is 0 Å². The van der Waals surface area contributed by atoms with Crippen LogP contribution in [0.1, 0.15) is 21.4 Å². The molecular weight excluding hydrogens is 220 g/mol. The third-order valence-electron chi connectivity index (χ3n) is 2.31. The summed E-state index contributed by atoms with van der Waals surface area (Å²) < 4.78 is 5.47. The van der Waals surface area contributed by atoms with Crippen LogP contribution in [0, 0.1) is 13.8 Å². The molecule has 2 rings (SSSR count). The molecule has 0 spiro atoms. The zero-order valence-corrected chi connectivity index (χ0v) is 10.4. The summed E-state index contributed by atoms with van der Waals surface area (Å²) in [6.07, 6.45) is 2.99. The zero-order valence-electron chi connectivity index (χ0n) is 9.62. The maximum absolute atomic E-state index is 5.47. The van der Waals surface area contributed by atoms with Gasteiger partial charge in [-0.2, -0.15) is 0 Å². The van der Waals surface area contributed by atoms with Crippen LogP contribution < -0.4 is 5.32 Å². The van der Waals surface area contributed by atoms with Crippen LogP contribution in [0.3, 0.4) is 0 Å². The second kappa shape index (κ2) is 5.27. The Morgan fingerprint density at radius 1 is 1.38 bits per heavy atom. The summed E-state index contributed by atoms with van der Waals surface area (Å²) >= 11 is 1.76. The highest BCUT2D eigenvalue weighted by Gasteiger charge is 1.99. The van der Waals surface area contributed by atoms with Gasteiger partial charge in [-0.25, -0.2) is 4.98 Å². The summed E-state index contributed by atoms with van der Waals surface area (Å²) in [7, 11) is 0. The van der Waals surface area contributed by atoms with Crippen LogP contribution in [0.4, 0.5) is 0 Å². The monoisotopic (exact) mass is 236 g/mol. The molecule has 0 aliphatic rings. The van der Waals surface area contributed by atoms with E-state index >= 15 is 0 Å². The Balaban J connectivity index is 1.69. The van der Waals surface area contributed by atoms with E-state index in [2.05, 4.69) is 10.3 Å². The molecule has 0 saturated carbocycles. The summed E-state index contributed by atoms with van der Waals surface area (Å²) in [5.41, 5.74) is 0. The van der Waals surface area contributed by atoms with Crippen molar-refractivity contribution in [3.05, 3.63) is 39.7 Å². The first-order valence-electron chi connectivity index (χ1n) is 5.41. The molecule has 2 aromatic rings. The molecule has 0 atom stereocenters. The van der Waals surface area contributed by atoms with Gasteiger partial charge in [0.15, 0.2) is 0 Å². The third kappa shape index (κ3) is 3.18. The highest BCUT2D eigenvalue weighted by Crippen LogP contribution is 2.11. The lowest BCUT2D eigenvalue weighted by atomic mass is 10.3. The van der Waals surface area contributed by atoms with Crippen LogP contribution in [-0.4, -0.2) is 11.5 Å². The Kier molecular flexibility index (Phi) is 3.74. The highest BCUT2D eigenvalue weighted by atomic mass is 32.1. The van der Waals surface area contributed by atoms with Crippen molar-refractivity contribution in [2.24, 2.45) is 0 Å². The summed E-state index contributed by atoms with van der Waals surface area (Å²) in [5, 5.41) is 4.49. The smallest absolute Gasteiger partial charge is 0.117 e. The van der Waals surface area contributed by atoms with Crippen molar-refractivity contribution in [3.8, 4) is 0 Å². The van der Waals surface area contributed by atoms with Crippen LogP contribution in [0.25, 0.3) is 0 Å². The normalized spacial score (nSPS) is 10.9. The second-order valence-electron chi connectivity index (χ2n) is 3.78. The van der Waals surface area contributed by atoms with E-state index in [1.807, 2.05) is 32.2 Å². The second-order valence-corrected chi connectivity index (χ2v) is 5.10. The average molecular weight is 236 g/mol. The van der Waals surface area contributed by atoms with Crippen LogP contribution in [0.5, 0.6) is 0 Å². The average Bonchev–Trinajstić information content (AvgIpc) is 2.83. The fraction of sp³-hybridized carbons (Fsp3) is 0.417. The molecule has 2 heterocycles. The van der Waals surface area contributed by atoms with E-state index in [9.17, 15) is 0 Å². The number of hydrogen-bond donors (Lipinski definition) is 1. The molecule has 3 nitrogen and oxygen atoms in total. The van der Waals surface area contributed by atoms with E-state index in [0.717, 1.165) is 36.0 Å². The van der Waals surface area contributed by atoms with E-state index in [0.29, 0.717) is 0 Å². The van der Waals surface area contributed by atoms with Gasteiger partial charge in [-0.15, -0.1) is 11.3 Å². The van der Waals surface area contributed by atoms with Crippen molar-refractivity contribution in [2.75, 3.05) is 6.54 Å². The summed E-state index contributed by atoms with van der Waals surface area (Å²) in [6, 6.07) is 4.00. The van der Waals surface area contributed by atoms with Gasteiger partial charge in [0.05, 0.1) is 11.6 Å². The lowest BCUT2D eigenvalue weighted by Gasteiger charge is -2.00. The number of nitrogens with zero attached hydrogens (tertiary/aromatic N) is 1. The molecule has 0 bridgehead atoms. The number of aryl methyl sites for hydroxylation is 2. The minimum absolute atomic E-state index is 0.797. The Bertz CT molecular complexity index is 405. The molecule has 16 heavy (non-hydrogen) atoms. The molecule has 0 fully saturated rings. The van der Waals surface area contributed by atoms with Gasteiger partial charge in [-0.1, -0.05) is 0 Å². The van der Waals surface area contributed by atoms with Crippen LogP contribution in [0.2, 0.25) is 0 Å². The number of furan rings is 1. The molecule has 1 N–H and O–H groups in total. The molecule has 0 amide bonds. The lowest BCUT2D eigenvalue weighted by molar-refractivity contribution is 0.463. The molecule has 86 valence electrons. The number of aromatic nitrogens is 1. The minimum Gasteiger partial charge on any atom is -0.465 e. The van der Waals surface area contributed by atoms with Gasteiger partial charge in [-0.05, 0) is 32.4 Å². The first-order valence-corrected chi connectivity index (χ1v) is 6.23. The van der Waals surface area contributed by atoms with Crippen molar-refractivity contribution < 1.29 is 4.42 Å². The molecule has 0 aromatic carbocycles. The van der Waals surface area contributed by atoms with E-state index in [1.54, 1.807) is 11.3 Å². The van der Waals surface area contributed by atoms with Crippen LogP contribution >= 0.6 is 11.3 Å². The fourth-order valence-corrected chi connectivity index (χ4v) is 2.32. The summed E-state index contributed by atoms with van der Waals surface area (Å²) in [5.74, 6) is 1.97. The molecule has 0 radical (unpaired) electrons. The van der Waals surface area contributed by atoms with Crippen LogP contribution in [0.15, 0.2) is 22.7 Å². The Labute approximate surface area is 99.5 Å². The van der Waals surface area contributed by atoms with Gasteiger partial charge in [0.25, 0.3) is 0 Å². The third-order valence-corrected chi connectivity index (χ3v) is 3.29. The van der Waals surface area contributed by atoms with Gasteiger partial charge < -0.3 is 9.73 Å². The molecule has 0 aliphatic carbocycles. The molecule has 0 aliphatic heterocycles. The largest absolute Gasteiger partial charge is 0.465 e. The van der Waals surface area contributed by atoms with Gasteiger partial charge in [0.2, 0.25) is 0 Å². The first-order chi connectivity index (χ1) is 7.74. The maximum Gasteiger partial charge on any atom is 0.117 e. The Morgan fingerprint density at radius 2 is 2.25 bits per heavy atom. The summed E-state index contributed by atoms with van der Waals surface area (Å²) in [6.45, 7) is 5.75. The van der Waals surface area contributed by atoms with E-state index in [4.69, 9.17) is 4.42 Å². The van der Waals surface area contributed by atoms with E-state index in [-0.39, 0.29) is 0 Å². The molecular formula is C12H16N2OS.